The van der Waals surface area contributed by atoms with Crippen molar-refractivity contribution in [3.05, 3.63) is 89.7 Å². The maximum atomic E-state index is 12.4. The maximum absolute atomic E-state index is 12.4. The molecule has 128 valence electrons. The second-order valence-electron chi connectivity index (χ2n) is 5.94. The van der Waals surface area contributed by atoms with E-state index in [2.05, 4.69) is 22.1 Å². The van der Waals surface area contributed by atoms with Crippen LogP contribution in [0, 0.1) is 11.8 Å². The van der Waals surface area contributed by atoms with Crippen LogP contribution in [0.3, 0.4) is 0 Å². The molecule has 4 nitrogen and oxygen atoms in total. The maximum Gasteiger partial charge on any atom is 0.255 e. The number of rotatable bonds is 3. The molecule has 3 aromatic rings. The van der Waals surface area contributed by atoms with Crippen LogP contribution in [0.5, 0.6) is 0 Å². The molecule has 0 fully saturated rings. The molecule has 0 aliphatic rings. The van der Waals surface area contributed by atoms with E-state index in [0.29, 0.717) is 16.9 Å². The summed E-state index contributed by atoms with van der Waals surface area (Å²) in [5.74, 6) is 5.93. The first-order valence-corrected chi connectivity index (χ1v) is 8.24. The third-order valence-corrected chi connectivity index (χ3v) is 3.77. The number of pyridine rings is 1. The van der Waals surface area contributed by atoms with Crippen LogP contribution in [0.1, 0.15) is 21.6 Å². The van der Waals surface area contributed by atoms with E-state index >= 15 is 0 Å². The van der Waals surface area contributed by atoms with Gasteiger partial charge in [0.25, 0.3) is 5.91 Å². The van der Waals surface area contributed by atoms with E-state index in [1.165, 1.54) is 0 Å². The van der Waals surface area contributed by atoms with Gasteiger partial charge in [-0.05, 0) is 60.5 Å². The summed E-state index contributed by atoms with van der Waals surface area (Å²) in [5, 5.41) is 2.91. The number of hydrogen-bond donors (Lipinski definition) is 1. The van der Waals surface area contributed by atoms with Gasteiger partial charge < -0.3 is 10.2 Å². The van der Waals surface area contributed by atoms with Gasteiger partial charge in [-0.1, -0.05) is 18.1 Å². The molecular formula is C22H19N3O. The molecule has 2 aromatic carbocycles. The highest BCUT2D eigenvalue weighted by atomic mass is 16.1. The lowest BCUT2D eigenvalue weighted by Crippen LogP contribution is -2.13. The first-order valence-electron chi connectivity index (χ1n) is 8.24. The molecule has 0 unspecified atom stereocenters. The molecule has 26 heavy (non-hydrogen) atoms. The molecule has 1 aromatic heterocycles. The van der Waals surface area contributed by atoms with Crippen LogP contribution in [0.25, 0.3) is 0 Å². The summed E-state index contributed by atoms with van der Waals surface area (Å²) in [6, 6.07) is 20.5. The molecule has 0 aliphatic heterocycles. The van der Waals surface area contributed by atoms with Crippen molar-refractivity contribution in [3.63, 3.8) is 0 Å². The summed E-state index contributed by atoms with van der Waals surface area (Å²) in [4.78, 5) is 18.6. The molecule has 1 amide bonds. The Morgan fingerprint density at radius 1 is 0.962 bits per heavy atom. The molecule has 3 rings (SSSR count). The van der Waals surface area contributed by atoms with E-state index in [1.807, 2.05) is 85.7 Å². The summed E-state index contributed by atoms with van der Waals surface area (Å²) in [6.45, 7) is 0. The molecule has 1 heterocycles. The summed E-state index contributed by atoms with van der Waals surface area (Å²) in [6.07, 6.45) is 1.71. The van der Waals surface area contributed by atoms with E-state index in [1.54, 1.807) is 6.20 Å². The zero-order valence-corrected chi connectivity index (χ0v) is 14.7. The highest BCUT2D eigenvalue weighted by Crippen LogP contribution is 2.15. The van der Waals surface area contributed by atoms with Crippen LogP contribution in [0.15, 0.2) is 72.9 Å². The molecular weight excluding hydrogens is 322 g/mol. The Labute approximate surface area is 153 Å². The minimum Gasteiger partial charge on any atom is -0.378 e. The van der Waals surface area contributed by atoms with E-state index in [0.717, 1.165) is 11.3 Å². The zero-order chi connectivity index (χ0) is 18.4. The highest BCUT2D eigenvalue weighted by molar-refractivity contribution is 6.04. The number of amides is 1. The van der Waals surface area contributed by atoms with Gasteiger partial charge in [0, 0.05) is 42.8 Å². The number of hydrogen-bond acceptors (Lipinski definition) is 3. The third-order valence-electron chi connectivity index (χ3n) is 3.77. The Morgan fingerprint density at radius 3 is 2.46 bits per heavy atom. The van der Waals surface area contributed by atoms with Crippen molar-refractivity contribution >= 4 is 17.3 Å². The fourth-order valence-electron chi connectivity index (χ4n) is 2.36. The van der Waals surface area contributed by atoms with Gasteiger partial charge in [-0.2, -0.15) is 0 Å². The Bertz CT molecular complexity index is 952. The van der Waals surface area contributed by atoms with Crippen molar-refractivity contribution in [2.24, 2.45) is 0 Å². The zero-order valence-electron chi connectivity index (χ0n) is 14.7. The van der Waals surface area contributed by atoms with Crippen LogP contribution >= 0.6 is 0 Å². The normalized spacial score (nSPS) is 9.77. The second-order valence-corrected chi connectivity index (χ2v) is 5.94. The molecule has 0 saturated carbocycles. The van der Waals surface area contributed by atoms with Gasteiger partial charge in [-0.3, -0.25) is 4.79 Å². The minimum atomic E-state index is -0.148. The molecule has 0 bridgehead atoms. The smallest absolute Gasteiger partial charge is 0.255 e. The highest BCUT2D eigenvalue weighted by Gasteiger charge is 2.06. The number of carbonyl (C=O) groups is 1. The standard InChI is InChI=1S/C22H19N3O/c1-25(2)21-13-10-18(11-14-21)22(26)24-20-8-5-6-17(16-20)9-12-19-7-3-4-15-23-19/h3-8,10-11,13-16H,1-2H3,(H,24,26). The van der Waals surface area contributed by atoms with Gasteiger partial charge >= 0.3 is 0 Å². The average molecular weight is 341 g/mol. The van der Waals surface area contributed by atoms with Crippen LogP contribution in [-0.4, -0.2) is 25.0 Å². The van der Waals surface area contributed by atoms with Crippen LogP contribution in [0.2, 0.25) is 0 Å². The van der Waals surface area contributed by atoms with E-state index in [-0.39, 0.29) is 5.91 Å². The van der Waals surface area contributed by atoms with Crippen LogP contribution in [-0.2, 0) is 0 Å². The predicted molar refractivity (Wildman–Crippen MR) is 105 cm³/mol. The van der Waals surface area contributed by atoms with E-state index < -0.39 is 0 Å². The number of nitrogens with one attached hydrogen (secondary N) is 1. The van der Waals surface area contributed by atoms with Gasteiger partial charge in [-0.15, -0.1) is 0 Å². The van der Waals surface area contributed by atoms with Crippen molar-refractivity contribution in [3.8, 4) is 11.8 Å². The number of nitrogens with zero attached hydrogens (tertiary/aromatic N) is 2. The van der Waals surface area contributed by atoms with Crippen molar-refractivity contribution in [2.75, 3.05) is 24.3 Å². The first-order chi connectivity index (χ1) is 12.6. The third kappa shape index (κ3) is 4.49. The van der Waals surface area contributed by atoms with Gasteiger partial charge in [0.05, 0.1) is 0 Å². The lowest BCUT2D eigenvalue weighted by atomic mass is 10.1. The number of aromatic nitrogens is 1. The molecule has 4 heteroatoms. The fourth-order valence-corrected chi connectivity index (χ4v) is 2.36. The Kier molecular flexibility index (Phi) is 5.31. The molecule has 1 N–H and O–H groups in total. The number of carbonyl (C=O) groups excluding carboxylic acids is 1. The topological polar surface area (TPSA) is 45.2 Å². The van der Waals surface area contributed by atoms with E-state index in [4.69, 9.17) is 0 Å². The van der Waals surface area contributed by atoms with Crippen molar-refractivity contribution in [1.29, 1.82) is 0 Å². The monoisotopic (exact) mass is 341 g/mol. The fraction of sp³-hybridized carbons (Fsp3) is 0.0909. The van der Waals surface area contributed by atoms with Gasteiger partial charge in [0.1, 0.15) is 5.69 Å². The SMILES string of the molecule is CN(C)c1ccc(C(=O)Nc2cccc(C#Cc3ccccn3)c2)cc1. The van der Waals surface area contributed by atoms with Gasteiger partial charge in [0.15, 0.2) is 0 Å². The second kappa shape index (κ2) is 8.00. The molecule has 0 saturated heterocycles. The average Bonchev–Trinajstić information content (AvgIpc) is 2.67. The lowest BCUT2D eigenvalue weighted by Gasteiger charge is -2.12. The summed E-state index contributed by atoms with van der Waals surface area (Å²) in [7, 11) is 3.93. The quantitative estimate of drug-likeness (QED) is 0.737. The van der Waals surface area contributed by atoms with Gasteiger partial charge in [0.2, 0.25) is 0 Å². The molecule has 0 atom stereocenters. The molecule has 0 radical (unpaired) electrons. The molecule has 0 spiro atoms. The largest absolute Gasteiger partial charge is 0.378 e. The summed E-state index contributed by atoms with van der Waals surface area (Å²) >= 11 is 0. The minimum absolute atomic E-state index is 0.148. The van der Waals surface area contributed by atoms with E-state index in [9.17, 15) is 4.79 Å². The van der Waals surface area contributed by atoms with Crippen molar-refractivity contribution < 1.29 is 4.79 Å². The number of benzene rings is 2. The van der Waals surface area contributed by atoms with Crippen LogP contribution in [0.4, 0.5) is 11.4 Å². The van der Waals surface area contributed by atoms with Crippen LogP contribution < -0.4 is 10.2 Å². The summed E-state index contributed by atoms with van der Waals surface area (Å²) < 4.78 is 0. The molecule has 0 aliphatic carbocycles. The first kappa shape index (κ1) is 17.2. The van der Waals surface area contributed by atoms with Crippen molar-refractivity contribution in [2.45, 2.75) is 0 Å². The summed E-state index contributed by atoms with van der Waals surface area (Å²) in [5.41, 5.74) is 3.90. The Balaban J connectivity index is 1.72. The van der Waals surface area contributed by atoms with Gasteiger partial charge in [-0.25, -0.2) is 4.98 Å². The lowest BCUT2D eigenvalue weighted by molar-refractivity contribution is 0.102. The van der Waals surface area contributed by atoms with Crippen molar-refractivity contribution in [1.82, 2.24) is 4.98 Å². The number of anilines is 2. The Morgan fingerprint density at radius 2 is 1.77 bits per heavy atom. The Hall–Kier alpha value is -3.58. The predicted octanol–water partition coefficient (Wildman–Crippen LogP) is 3.80.